The van der Waals surface area contributed by atoms with Crippen LogP contribution in [0.15, 0.2) is 22.9 Å². The summed E-state index contributed by atoms with van der Waals surface area (Å²) >= 11 is 3.25. The predicted molar refractivity (Wildman–Crippen MR) is 60.6 cm³/mol. The molecular weight excluding hydrogens is 260 g/mol. The fourth-order valence-corrected chi connectivity index (χ4v) is 1.59. The number of pyridine rings is 1. The number of aromatic nitrogens is 1. The average molecular weight is 273 g/mol. The molecule has 82 valence electrons. The van der Waals surface area contributed by atoms with Crippen LogP contribution in [0.25, 0.3) is 0 Å². The minimum absolute atomic E-state index is 0.148. The Bertz CT molecular complexity index is 355. The van der Waals surface area contributed by atoms with E-state index in [1.54, 1.807) is 26.2 Å². The number of hydrogen-bond donors (Lipinski definition) is 1. The van der Waals surface area contributed by atoms with Gasteiger partial charge in [-0.2, -0.15) is 0 Å². The molecule has 5 heteroatoms. The van der Waals surface area contributed by atoms with Gasteiger partial charge in [-0.1, -0.05) is 0 Å². The molecule has 1 amide bonds. The maximum absolute atomic E-state index is 11.8. The van der Waals surface area contributed by atoms with Gasteiger partial charge < -0.3 is 10.0 Å². The molecule has 15 heavy (non-hydrogen) atoms. The lowest BCUT2D eigenvalue weighted by atomic mass is 10.2. The average Bonchev–Trinajstić information content (AvgIpc) is 2.15. The number of aliphatic hydroxyl groups excluding tert-OH is 1. The first kappa shape index (κ1) is 12.1. The minimum atomic E-state index is -0.529. The molecule has 0 spiro atoms. The summed E-state index contributed by atoms with van der Waals surface area (Å²) in [5, 5.41) is 9.15. The van der Waals surface area contributed by atoms with Gasteiger partial charge in [-0.15, -0.1) is 0 Å². The largest absolute Gasteiger partial charge is 0.392 e. The Morgan fingerprint density at radius 3 is 2.87 bits per heavy atom. The third-order valence-electron chi connectivity index (χ3n) is 1.84. The van der Waals surface area contributed by atoms with Gasteiger partial charge in [-0.05, 0) is 28.9 Å². The highest BCUT2D eigenvalue weighted by molar-refractivity contribution is 9.10. The molecule has 1 heterocycles. The molecule has 0 fully saturated rings. The van der Waals surface area contributed by atoms with Gasteiger partial charge in [0.25, 0.3) is 5.91 Å². The first-order chi connectivity index (χ1) is 7.00. The van der Waals surface area contributed by atoms with Crippen molar-refractivity contribution in [3.8, 4) is 0 Å². The van der Waals surface area contributed by atoms with Crippen molar-refractivity contribution in [2.75, 3.05) is 13.6 Å². The second kappa shape index (κ2) is 5.23. The molecule has 1 aromatic rings. The topological polar surface area (TPSA) is 53.4 Å². The molecule has 4 nitrogen and oxygen atoms in total. The quantitative estimate of drug-likeness (QED) is 0.903. The third-order valence-corrected chi connectivity index (χ3v) is 2.27. The van der Waals surface area contributed by atoms with E-state index in [1.165, 1.54) is 11.1 Å². The summed E-state index contributed by atoms with van der Waals surface area (Å²) in [5.41, 5.74) is 0.507. The number of halogens is 1. The van der Waals surface area contributed by atoms with Crippen molar-refractivity contribution in [3.63, 3.8) is 0 Å². The van der Waals surface area contributed by atoms with Gasteiger partial charge in [0.2, 0.25) is 0 Å². The van der Waals surface area contributed by atoms with Crippen LogP contribution in [0.1, 0.15) is 17.3 Å². The van der Waals surface area contributed by atoms with Crippen molar-refractivity contribution in [1.29, 1.82) is 0 Å². The second-order valence-electron chi connectivity index (χ2n) is 3.43. The molecule has 1 rings (SSSR count). The Labute approximate surface area is 97.1 Å². The normalized spacial score (nSPS) is 12.3. The van der Waals surface area contributed by atoms with E-state index in [1.807, 2.05) is 0 Å². The highest BCUT2D eigenvalue weighted by Crippen LogP contribution is 2.11. The summed E-state index contributed by atoms with van der Waals surface area (Å²) in [5.74, 6) is -0.148. The Morgan fingerprint density at radius 1 is 1.67 bits per heavy atom. The molecular formula is C10H13BrN2O2. The van der Waals surface area contributed by atoms with E-state index < -0.39 is 6.10 Å². The molecule has 1 unspecified atom stereocenters. The molecule has 0 bridgehead atoms. The van der Waals surface area contributed by atoms with Crippen molar-refractivity contribution in [2.24, 2.45) is 0 Å². The number of carbonyl (C=O) groups excluding carboxylic acids is 1. The van der Waals surface area contributed by atoms with E-state index in [2.05, 4.69) is 20.9 Å². The van der Waals surface area contributed by atoms with E-state index in [-0.39, 0.29) is 5.91 Å². The summed E-state index contributed by atoms with van der Waals surface area (Å²) in [7, 11) is 1.65. The summed E-state index contributed by atoms with van der Waals surface area (Å²) in [6.45, 7) is 1.95. The summed E-state index contributed by atoms with van der Waals surface area (Å²) < 4.78 is 0.763. The number of aliphatic hydroxyl groups is 1. The lowest BCUT2D eigenvalue weighted by molar-refractivity contribution is 0.0703. The maximum Gasteiger partial charge on any atom is 0.255 e. The first-order valence-electron chi connectivity index (χ1n) is 4.55. The first-order valence-corrected chi connectivity index (χ1v) is 5.34. The van der Waals surface area contributed by atoms with Crippen LogP contribution in [0.4, 0.5) is 0 Å². The van der Waals surface area contributed by atoms with Gasteiger partial charge in [-0.3, -0.25) is 9.78 Å². The van der Waals surface area contributed by atoms with E-state index in [4.69, 9.17) is 5.11 Å². The number of carbonyl (C=O) groups is 1. The van der Waals surface area contributed by atoms with Gasteiger partial charge in [0, 0.05) is 30.5 Å². The number of nitrogens with zero attached hydrogens (tertiary/aromatic N) is 2. The zero-order chi connectivity index (χ0) is 11.4. The number of likely N-dealkylation sites (N-methyl/N-ethyl adjacent to an activating group) is 1. The third kappa shape index (κ3) is 3.60. The summed E-state index contributed by atoms with van der Waals surface area (Å²) in [6.07, 6.45) is 2.59. The number of amides is 1. The standard InChI is InChI=1S/C10H13BrN2O2/c1-7(14)6-13(2)10(15)8-3-9(11)5-12-4-8/h3-5,7,14H,6H2,1-2H3. The molecule has 1 aromatic heterocycles. The van der Waals surface area contributed by atoms with E-state index in [9.17, 15) is 4.79 Å². The Morgan fingerprint density at radius 2 is 2.33 bits per heavy atom. The van der Waals surface area contributed by atoms with Crippen LogP contribution in [-0.2, 0) is 0 Å². The zero-order valence-electron chi connectivity index (χ0n) is 8.64. The van der Waals surface area contributed by atoms with Crippen LogP contribution >= 0.6 is 15.9 Å². The van der Waals surface area contributed by atoms with E-state index in [0.717, 1.165) is 4.47 Å². The smallest absolute Gasteiger partial charge is 0.255 e. The molecule has 0 aliphatic carbocycles. The maximum atomic E-state index is 11.8. The SMILES string of the molecule is CC(O)CN(C)C(=O)c1cncc(Br)c1. The second-order valence-corrected chi connectivity index (χ2v) is 4.34. The Kier molecular flexibility index (Phi) is 4.23. The van der Waals surface area contributed by atoms with Crippen LogP contribution in [-0.4, -0.2) is 40.6 Å². The van der Waals surface area contributed by atoms with Crippen molar-refractivity contribution in [1.82, 2.24) is 9.88 Å². The minimum Gasteiger partial charge on any atom is -0.392 e. The van der Waals surface area contributed by atoms with Gasteiger partial charge >= 0.3 is 0 Å². The van der Waals surface area contributed by atoms with Crippen molar-refractivity contribution in [3.05, 3.63) is 28.5 Å². The molecule has 0 aliphatic heterocycles. The molecule has 0 radical (unpaired) electrons. The number of rotatable bonds is 3. The summed E-state index contributed by atoms with van der Waals surface area (Å²) in [6, 6.07) is 1.70. The molecule has 0 aliphatic rings. The van der Waals surface area contributed by atoms with Crippen LogP contribution in [0.5, 0.6) is 0 Å². The van der Waals surface area contributed by atoms with Gasteiger partial charge in [0.15, 0.2) is 0 Å². The molecule has 0 saturated heterocycles. The highest BCUT2D eigenvalue weighted by Gasteiger charge is 2.13. The molecule has 0 saturated carbocycles. The number of hydrogen-bond acceptors (Lipinski definition) is 3. The lowest BCUT2D eigenvalue weighted by Crippen LogP contribution is -2.33. The molecule has 1 N–H and O–H groups in total. The van der Waals surface area contributed by atoms with Crippen LogP contribution < -0.4 is 0 Å². The summed E-state index contributed by atoms with van der Waals surface area (Å²) in [4.78, 5) is 17.2. The van der Waals surface area contributed by atoms with Crippen LogP contribution in [0.2, 0.25) is 0 Å². The fraction of sp³-hybridized carbons (Fsp3) is 0.400. The van der Waals surface area contributed by atoms with Crippen LogP contribution in [0, 0.1) is 0 Å². The Balaban J connectivity index is 2.76. The van der Waals surface area contributed by atoms with Crippen molar-refractivity contribution >= 4 is 21.8 Å². The van der Waals surface area contributed by atoms with Crippen LogP contribution in [0.3, 0.4) is 0 Å². The Hall–Kier alpha value is -0.940. The van der Waals surface area contributed by atoms with Crippen molar-refractivity contribution in [2.45, 2.75) is 13.0 Å². The van der Waals surface area contributed by atoms with E-state index in [0.29, 0.717) is 12.1 Å². The molecule has 0 aromatic carbocycles. The lowest BCUT2D eigenvalue weighted by Gasteiger charge is -2.18. The van der Waals surface area contributed by atoms with Crippen molar-refractivity contribution < 1.29 is 9.90 Å². The van der Waals surface area contributed by atoms with Gasteiger partial charge in [0.05, 0.1) is 11.7 Å². The predicted octanol–water partition coefficient (Wildman–Crippen LogP) is 1.30. The van der Waals surface area contributed by atoms with Gasteiger partial charge in [-0.25, -0.2) is 0 Å². The zero-order valence-corrected chi connectivity index (χ0v) is 10.2. The van der Waals surface area contributed by atoms with Gasteiger partial charge in [0.1, 0.15) is 0 Å². The monoisotopic (exact) mass is 272 g/mol. The highest BCUT2D eigenvalue weighted by atomic mass is 79.9. The fourth-order valence-electron chi connectivity index (χ4n) is 1.23. The molecule has 1 atom stereocenters. The van der Waals surface area contributed by atoms with E-state index >= 15 is 0 Å².